The predicted molar refractivity (Wildman–Crippen MR) is 84.8 cm³/mol. The standard InChI is InChI=1S/C19H21NO/c1-20-11-10-17-15-4-2-3-5-16(15)18(12-19(17)20)13-6-8-14(21)9-7-13/h2-9,17-19,21H,10-12H2,1H3/t17-,18+,19+/m1/s1. The Morgan fingerprint density at radius 1 is 1.00 bits per heavy atom. The van der Waals surface area contributed by atoms with Gasteiger partial charge in [0.25, 0.3) is 0 Å². The second-order valence-electron chi connectivity index (χ2n) is 6.45. The number of nitrogens with zero attached hydrogens (tertiary/aromatic N) is 1. The van der Waals surface area contributed by atoms with Crippen LogP contribution in [0.5, 0.6) is 5.75 Å². The summed E-state index contributed by atoms with van der Waals surface area (Å²) in [6.45, 7) is 1.20. The zero-order chi connectivity index (χ0) is 14.4. The molecule has 1 aliphatic heterocycles. The number of hydrogen-bond donors (Lipinski definition) is 1. The molecule has 4 rings (SSSR count). The van der Waals surface area contributed by atoms with Crippen molar-refractivity contribution >= 4 is 0 Å². The smallest absolute Gasteiger partial charge is 0.115 e. The van der Waals surface area contributed by atoms with E-state index >= 15 is 0 Å². The van der Waals surface area contributed by atoms with E-state index in [1.807, 2.05) is 12.1 Å². The Balaban J connectivity index is 1.81. The molecule has 0 unspecified atom stereocenters. The highest BCUT2D eigenvalue weighted by molar-refractivity contribution is 5.44. The van der Waals surface area contributed by atoms with Crippen molar-refractivity contribution in [1.82, 2.24) is 4.90 Å². The minimum atomic E-state index is 0.346. The summed E-state index contributed by atoms with van der Waals surface area (Å²) >= 11 is 0. The van der Waals surface area contributed by atoms with Crippen molar-refractivity contribution in [2.75, 3.05) is 13.6 Å². The number of phenols is 1. The molecule has 2 aliphatic rings. The Labute approximate surface area is 126 Å². The van der Waals surface area contributed by atoms with Gasteiger partial charge in [-0.25, -0.2) is 0 Å². The maximum atomic E-state index is 9.53. The van der Waals surface area contributed by atoms with Gasteiger partial charge in [0.2, 0.25) is 0 Å². The molecule has 0 bridgehead atoms. The molecule has 0 aromatic heterocycles. The SMILES string of the molecule is CN1CC[C@@H]2c3ccccc3[C@H](c3ccc(O)cc3)C[C@@H]21. The topological polar surface area (TPSA) is 23.5 Å². The molecule has 2 nitrogen and oxygen atoms in total. The van der Waals surface area contributed by atoms with Crippen LogP contribution in [-0.4, -0.2) is 29.6 Å². The van der Waals surface area contributed by atoms with Gasteiger partial charge in [0.1, 0.15) is 5.75 Å². The Hall–Kier alpha value is -1.80. The fourth-order valence-electron chi connectivity index (χ4n) is 4.27. The molecule has 2 aromatic rings. The van der Waals surface area contributed by atoms with Crippen LogP contribution in [0.25, 0.3) is 0 Å². The molecular formula is C19H21NO. The van der Waals surface area contributed by atoms with Crippen molar-refractivity contribution < 1.29 is 5.11 Å². The summed E-state index contributed by atoms with van der Waals surface area (Å²) in [7, 11) is 2.26. The highest BCUT2D eigenvalue weighted by Crippen LogP contribution is 2.47. The monoisotopic (exact) mass is 279 g/mol. The lowest BCUT2D eigenvalue weighted by Gasteiger charge is -2.37. The van der Waals surface area contributed by atoms with Crippen molar-refractivity contribution in [3.05, 3.63) is 65.2 Å². The largest absolute Gasteiger partial charge is 0.508 e. The summed E-state index contributed by atoms with van der Waals surface area (Å²) in [4.78, 5) is 2.52. The maximum Gasteiger partial charge on any atom is 0.115 e. The molecule has 1 fully saturated rings. The van der Waals surface area contributed by atoms with Gasteiger partial charge >= 0.3 is 0 Å². The fourth-order valence-corrected chi connectivity index (χ4v) is 4.27. The zero-order valence-electron chi connectivity index (χ0n) is 12.4. The van der Waals surface area contributed by atoms with Gasteiger partial charge in [0.05, 0.1) is 0 Å². The van der Waals surface area contributed by atoms with E-state index in [1.165, 1.54) is 36.1 Å². The molecule has 0 spiro atoms. The normalized spacial score (nSPS) is 28.1. The first kappa shape index (κ1) is 12.9. The molecule has 21 heavy (non-hydrogen) atoms. The Morgan fingerprint density at radius 2 is 1.71 bits per heavy atom. The molecule has 108 valence electrons. The van der Waals surface area contributed by atoms with Crippen LogP contribution in [-0.2, 0) is 0 Å². The number of benzene rings is 2. The molecule has 3 atom stereocenters. The van der Waals surface area contributed by atoms with Crippen molar-refractivity contribution in [3.8, 4) is 5.75 Å². The average Bonchev–Trinajstić information content (AvgIpc) is 2.89. The van der Waals surface area contributed by atoms with Crippen molar-refractivity contribution in [2.24, 2.45) is 0 Å². The molecule has 0 radical (unpaired) electrons. The van der Waals surface area contributed by atoms with E-state index in [-0.39, 0.29) is 0 Å². The molecule has 1 N–H and O–H groups in total. The van der Waals surface area contributed by atoms with Crippen LogP contribution in [0.4, 0.5) is 0 Å². The third kappa shape index (κ3) is 2.06. The molecule has 1 saturated heterocycles. The minimum absolute atomic E-state index is 0.346. The van der Waals surface area contributed by atoms with Crippen molar-refractivity contribution in [2.45, 2.75) is 30.7 Å². The maximum absolute atomic E-state index is 9.53. The summed E-state index contributed by atoms with van der Waals surface area (Å²) in [5.41, 5.74) is 4.34. The van der Waals surface area contributed by atoms with E-state index < -0.39 is 0 Å². The van der Waals surface area contributed by atoms with Crippen LogP contribution in [0, 0.1) is 0 Å². The van der Waals surface area contributed by atoms with Crippen LogP contribution >= 0.6 is 0 Å². The zero-order valence-corrected chi connectivity index (χ0v) is 12.4. The predicted octanol–water partition coefficient (Wildman–Crippen LogP) is 3.72. The number of phenolic OH excluding ortho intramolecular Hbond substituents is 1. The van der Waals surface area contributed by atoms with E-state index in [9.17, 15) is 5.11 Å². The van der Waals surface area contributed by atoms with Crippen LogP contribution < -0.4 is 0 Å². The van der Waals surface area contributed by atoms with Crippen LogP contribution in [0.3, 0.4) is 0 Å². The van der Waals surface area contributed by atoms with Gasteiger partial charge in [-0.1, -0.05) is 36.4 Å². The fraction of sp³-hybridized carbons (Fsp3) is 0.368. The average molecular weight is 279 g/mol. The lowest BCUT2D eigenvalue weighted by atomic mass is 9.71. The van der Waals surface area contributed by atoms with Gasteiger partial charge in [-0.15, -0.1) is 0 Å². The van der Waals surface area contributed by atoms with E-state index in [0.717, 1.165) is 0 Å². The second-order valence-corrected chi connectivity index (χ2v) is 6.45. The van der Waals surface area contributed by atoms with Crippen LogP contribution in [0.1, 0.15) is 41.4 Å². The first-order valence-electron chi connectivity index (χ1n) is 7.82. The quantitative estimate of drug-likeness (QED) is 0.860. The van der Waals surface area contributed by atoms with E-state index in [0.29, 0.717) is 23.6 Å². The van der Waals surface area contributed by atoms with Crippen LogP contribution in [0.2, 0.25) is 0 Å². The number of aromatic hydroxyl groups is 1. The lowest BCUT2D eigenvalue weighted by Crippen LogP contribution is -2.34. The summed E-state index contributed by atoms with van der Waals surface area (Å²) in [6.07, 6.45) is 2.46. The number of fused-ring (bicyclic) bond motifs is 3. The van der Waals surface area contributed by atoms with E-state index in [4.69, 9.17) is 0 Å². The van der Waals surface area contributed by atoms with Gasteiger partial charge in [0, 0.05) is 17.9 Å². The molecule has 1 heterocycles. The molecule has 0 saturated carbocycles. The summed E-state index contributed by atoms with van der Waals surface area (Å²) < 4.78 is 0. The Bertz CT molecular complexity index is 649. The molecule has 1 aliphatic carbocycles. The number of rotatable bonds is 1. The first-order valence-corrected chi connectivity index (χ1v) is 7.82. The van der Waals surface area contributed by atoms with Gasteiger partial charge in [-0.2, -0.15) is 0 Å². The van der Waals surface area contributed by atoms with E-state index in [2.05, 4.69) is 48.3 Å². The van der Waals surface area contributed by atoms with Gasteiger partial charge < -0.3 is 10.0 Å². The van der Waals surface area contributed by atoms with Gasteiger partial charge in [0.15, 0.2) is 0 Å². The highest BCUT2D eigenvalue weighted by atomic mass is 16.3. The molecule has 2 aromatic carbocycles. The lowest BCUT2D eigenvalue weighted by molar-refractivity contribution is 0.265. The third-order valence-electron chi connectivity index (χ3n) is 5.37. The Kier molecular flexibility index (Phi) is 3.00. The second kappa shape index (κ2) is 4.88. The van der Waals surface area contributed by atoms with E-state index in [1.54, 1.807) is 0 Å². The number of hydrogen-bond acceptors (Lipinski definition) is 2. The van der Waals surface area contributed by atoms with Crippen LogP contribution in [0.15, 0.2) is 48.5 Å². The molecule has 2 heteroatoms. The van der Waals surface area contributed by atoms with Gasteiger partial charge in [-0.05, 0) is 55.3 Å². The summed E-state index contributed by atoms with van der Waals surface area (Å²) in [5, 5.41) is 9.53. The Morgan fingerprint density at radius 3 is 2.48 bits per heavy atom. The highest BCUT2D eigenvalue weighted by Gasteiger charge is 2.40. The first-order chi connectivity index (χ1) is 10.2. The molecule has 0 amide bonds. The number of likely N-dealkylation sites (N-methyl/N-ethyl adjacent to an activating group) is 1. The van der Waals surface area contributed by atoms with Crippen molar-refractivity contribution in [3.63, 3.8) is 0 Å². The van der Waals surface area contributed by atoms with Gasteiger partial charge in [-0.3, -0.25) is 0 Å². The summed E-state index contributed by atoms with van der Waals surface area (Å²) in [6, 6.07) is 17.4. The number of likely N-dealkylation sites (tertiary alicyclic amines) is 1. The molecular weight excluding hydrogens is 258 g/mol. The summed E-state index contributed by atoms with van der Waals surface area (Å²) in [5.74, 6) is 1.49. The van der Waals surface area contributed by atoms with Crippen molar-refractivity contribution in [1.29, 1.82) is 0 Å². The minimum Gasteiger partial charge on any atom is -0.508 e. The third-order valence-corrected chi connectivity index (χ3v) is 5.37.